The summed E-state index contributed by atoms with van der Waals surface area (Å²) in [6.07, 6.45) is 8.51. The van der Waals surface area contributed by atoms with Crippen LogP contribution in [0.2, 0.25) is 0 Å². The zero-order valence-electron chi connectivity index (χ0n) is 19.7. The first-order chi connectivity index (χ1) is 16.7. The average Bonchev–Trinajstić information content (AvgIpc) is 3.63. The summed E-state index contributed by atoms with van der Waals surface area (Å²) in [6.45, 7) is 2.69. The molecule has 174 valence electrons. The largest absolute Gasteiger partial charge is 0.449 e. The molecule has 1 fully saturated rings. The van der Waals surface area contributed by atoms with Crippen LogP contribution in [0.1, 0.15) is 59.8 Å². The molecule has 5 rings (SSSR count). The maximum Gasteiger partial charge on any atom is 0.287 e. The van der Waals surface area contributed by atoms with E-state index in [0.717, 1.165) is 42.6 Å². The summed E-state index contributed by atoms with van der Waals surface area (Å²) in [4.78, 5) is 17.5. The fraction of sp³-hybridized carbons (Fsp3) is 0.310. The molecule has 0 radical (unpaired) electrons. The van der Waals surface area contributed by atoms with Gasteiger partial charge in [-0.1, -0.05) is 73.0 Å². The second-order valence-electron chi connectivity index (χ2n) is 9.16. The van der Waals surface area contributed by atoms with E-state index < -0.39 is 0 Å². The molecule has 2 aromatic carbocycles. The molecular formula is C29H31N3O2. The standard InChI is InChI=1S/C29H31N3O2/c1-21-13-15-23(16-14-21)27-28(32(20-31-27)24-11-5-6-12-24)25-17-18-26(34-25)29(33)30-19-7-10-22-8-3-2-4-9-22/h2-4,8-9,13-18,20,24H,5-7,10-12,19H2,1H3,(H,30,33). The first-order valence-electron chi connectivity index (χ1n) is 12.3. The minimum atomic E-state index is -0.178. The van der Waals surface area contributed by atoms with Crippen LogP contribution in [0.4, 0.5) is 0 Å². The van der Waals surface area contributed by atoms with E-state index in [1.165, 1.54) is 24.0 Å². The zero-order valence-corrected chi connectivity index (χ0v) is 19.7. The van der Waals surface area contributed by atoms with Gasteiger partial charge in [-0.15, -0.1) is 0 Å². The number of aryl methyl sites for hydroxylation is 2. The lowest BCUT2D eigenvalue weighted by molar-refractivity contribution is 0.0926. The van der Waals surface area contributed by atoms with Crippen molar-refractivity contribution in [3.8, 4) is 22.7 Å². The van der Waals surface area contributed by atoms with Crippen molar-refractivity contribution in [2.45, 2.75) is 51.5 Å². The Labute approximate surface area is 200 Å². The molecule has 0 unspecified atom stereocenters. The van der Waals surface area contributed by atoms with Gasteiger partial charge in [0.05, 0.1) is 12.0 Å². The highest BCUT2D eigenvalue weighted by molar-refractivity contribution is 5.92. The zero-order chi connectivity index (χ0) is 23.3. The topological polar surface area (TPSA) is 60.1 Å². The number of nitrogens with zero attached hydrogens (tertiary/aromatic N) is 2. The molecule has 1 amide bonds. The Kier molecular flexibility index (Phi) is 6.61. The number of carbonyl (C=O) groups is 1. The van der Waals surface area contributed by atoms with Crippen molar-refractivity contribution in [3.05, 3.63) is 89.9 Å². The number of aromatic nitrogens is 2. The molecule has 2 heterocycles. The van der Waals surface area contributed by atoms with Crippen molar-refractivity contribution >= 4 is 5.91 Å². The van der Waals surface area contributed by atoms with Crippen LogP contribution in [-0.2, 0) is 6.42 Å². The van der Waals surface area contributed by atoms with Gasteiger partial charge < -0.3 is 14.3 Å². The average molecular weight is 454 g/mol. The number of hydrogen-bond donors (Lipinski definition) is 1. The van der Waals surface area contributed by atoms with E-state index in [9.17, 15) is 4.79 Å². The van der Waals surface area contributed by atoms with Gasteiger partial charge >= 0.3 is 0 Å². The normalized spacial score (nSPS) is 13.9. The number of hydrogen-bond acceptors (Lipinski definition) is 3. The van der Waals surface area contributed by atoms with Crippen molar-refractivity contribution in [2.75, 3.05) is 6.54 Å². The molecule has 5 heteroatoms. The SMILES string of the molecule is Cc1ccc(-c2ncn(C3CCCC3)c2-c2ccc(C(=O)NCCCc3ccccc3)o2)cc1. The van der Waals surface area contributed by atoms with Crippen molar-refractivity contribution in [3.63, 3.8) is 0 Å². The number of carbonyl (C=O) groups excluding carboxylic acids is 1. The van der Waals surface area contributed by atoms with E-state index in [1.807, 2.05) is 30.6 Å². The van der Waals surface area contributed by atoms with Crippen molar-refractivity contribution < 1.29 is 9.21 Å². The highest BCUT2D eigenvalue weighted by atomic mass is 16.4. The van der Waals surface area contributed by atoms with Gasteiger partial charge in [-0.3, -0.25) is 4.79 Å². The van der Waals surface area contributed by atoms with E-state index in [4.69, 9.17) is 9.40 Å². The number of amides is 1. The summed E-state index contributed by atoms with van der Waals surface area (Å²) < 4.78 is 8.37. The lowest BCUT2D eigenvalue weighted by atomic mass is 10.1. The third-order valence-corrected chi connectivity index (χ3v) is 6.67. The monoisotopic (exact) mass is 453 g/mol. The van der Waals surface area contributed by atoms with E-state index in [1.54, 1.807) is 6.07 Å². The molecular weight excluding hydrogens is 422 g/mol. The highest BCUT2D eigenvalue weighted by Crippen LogP contribution is 2.39. The Morgan fingerprint density at radius 3 is 2.56 bits per heavy atom. The van der Waals surface area contributed by atoms with Gasteiger partial charge in [-0.25, -0.2) is 4.98 Å². The van der Waals surface area contributed by atoms with Crippen LogP contribution in [0.25, 0.3) is 22.7 Å². The van der Waals surface area contributed by atoms with Gasteiger partial charge in [0.15, 0.2) is 11.5 Å². The number of benzene rings is 2. The summed E-state index contributed by atoms with van der Waals surface area (Å²) in [5.41, 5.74) is 5.40. The maximum absolute atomic E-state index is 12.7. The molecule has 34 heavy (non-hydrogen) atoms. The first kappa shape index (κ1) is 22.2. The molecule has 0 aliphatic heterocycles. The van der Waals surface area contributed by atoms with Crippen LogP contribution in [-0.4, -0.2) is 22.0 Å². The van der Waals surface area contributed by atoms with Crippen molar-refractivity contribution in [1.29, 1.82) is 0 Å². The number of rotatable bonds is 8. The van der Waals surface area contributed by atoms with E-state index in [2.05, 4.69) is 53.2 Å². The summed E-state index contributed by atoms with van der Waals surface area (Å²) in [5.74, 6) is 0.848. The first-order valence-corrected chi connectivity index (χ1v) is 12.3. The summed E-state index contributed by atoms with van der Waals surface area (Å²) in [7, 11) is 0. The van der Waals surface area contributed by atoms with Crippen molar-refractivity contribution in [2.24, 2.45) is 0 Å². The second kappa shape index (κ2) is 10.1. The van der Waals surface area contributed by atoms with Crippen molar-refractivity contribution in [1.82, 2.24) is 14.9 Å². The Morgan fingerprint density at radius 2 is 1.79 bits per heavy atom. The van der Waals surface area contributed by atoms with Crippen LogP contribution >= 0.6 is 0 Å². The van der Waals surface area contributed by atoms with Gasteiger partial charge in [-0.2, -0.15) is 0 Å². The third kappa shape index (κ3) is 4.84. The molecule has 5 nitrogen and oxygen atoms in total. The molecule has 0 spiro atoms. The molecule has 0 atom stereocenters. The van der Waals surface area contributed by atoms with Crippen LogP contribution in [0.15, 0.2) is 77.5 Å². The fourth-order valence-electron chi connectivity index (χ4n) is 4.80. The minimum absolute atomic E-state index is 0.178. The number of furan rings is 1. The Balaban J connectivity index is 1.34. The fourth-order valence-corrected chi connectivity index (χ4v) is 4.80. The second-order valence-corrected chi connectivity index (χ2v) is 9.16. The molecule has 1 aliphatic carbocycles. The molecule has 1 N–H and O–H groups in total. The van der Waals surface area contributed by atoms with Crippen LogP contribution in [0, 0.1) is 6.92 Å². The van der Waals surface area contributed by atoms with Gasteiger partial charge in [0.1, 0.15) is 5.69 Å². The Hall–Kier alpha value is -3.60. The molecule has 1 aliphatic rings. The molecule has 4 aromatic rings. The van der Waals surface area contributed by atoms with Crippen LogP contribution in [0.5, 0.6) is 0 Å². The van der Waals surface area contributed by atoms with Gasteiger partial charge in [0.2, 0.25) is 0 Å². The van der Waals surface area contributed by atoms with Gasteiger partial charge in [0, 0.05) is 18.2 Å². The smallest absolute Gasteiger partial charge is 0.287 e. The molecule has 2 aromatic heterocycles. The van der Waals surface area contributed by atoms with E-state index in [0.29, 0.717) is 24.1 Å². The molecule has 0 saturated heterocycles. The quantitative estimate of drug-likeness (QED) is 0.306. The predicted molar refractivity (Wildman–Crippen MR) is 135 cm³/mol. The summed E-state index contributed by atoms with van der Waals surface area (Å²) >= 11 is 0. The lowest BCUT2D eigenvalue weighted by Crippen LogP contribution is -2.24. The lowest BCUT2D eigenvalue weighted by Gasteiger charge is -2.15. The highest BCUT2D eigenvalue weighted by Gasteiger charge is 2.25. The summed E-state index contributed by atoms with van der Waals surface area (Å²) in [5, 5.41) is 2.99. The van der Waals surface area contributed by atoms with Gasteiger partial charge in [0.25, 0.3) is 5.91 Å². The Bertz CT molecular complexity index is 1230. The Morgan fingerprint density at radius 1 is 1.03 bits per heavy atom. The summed E-state index contributed by atoms with van der Waals surface area (Å²) in [6, 6.07) is 22.8. The number of imidazole rings is 1. The van der Waals surface area contributed by atoms with Gasteiger partial charge in [-0.05, 0) is 50.3 Å². The van der Waals surface area contributed by atoms with Crippen LogP contribution in [0.3, 0.4) is 0 Å². The molecule has 0 bridgehead atoms. The molecule has 1 saturated carbocycles. The predicted octanol–water partition coefficient (Wildman–Crippen LogP) is 6.60. The third-order valence-electron chi connectivity index (χ3n) is 6.67. The maximum atomic E-state index is 12.7. The van der Waals surface area contributed by atoms with E-state index in [-0.39, 0.29) is 5.91 Å². The van der Waals surface area contributed by atoms with Crippen LogP contribution < -0.4 is 5.32 Å². The van der Waals surface area contributed by atoms with E-state index >= 15 is 0 Å². The number of nitrogens with one attached hydrogen (secondary N) is 1. The minimum Gasteiger partial charge on any atom is -0.449 e.